The molecule has 1 heteroatoms. The van der Waals surface area contributed by atoms with Gasteiger partial charge in [0.15, 0.2) is 0 Å². The Morgan fingerprint density at radius 2 is 1.93 bits per heavy atom. The van der Waals surface area contributed by atoms with Gasteiger partial charge in [-0.2, -0.15) is 0 Å². The molecule has 0 saturated carbocycles. The van der Waals surface area contributed by atoms with Gasteiger partial charge < -0.3 is 5.73 Å². The van der Waals surface area contributed by atoms with Crippen molar-refractivity contribution in [2.75, 3.05) is 5.73 Å². The summed E-state index contributed by atoms with van der Waals surface area (Å²) in [4.78, 5) is 0. The molecule has 1 aromatic rings. The Morgan fingerprint density at radius 1 is 1.21 bits per heavy atom. The smallest absolute Gasteiger partial charge is 0.0316 e. The first-order valence-electron chi connectivity index (χ1n) is 5.32. The first-order chi connectivity index (χ1) is 6.47. The summed E-state index contributed by atoms with van der Waals surface area (Å²) in [7, 11) is 0. The van der Waals surface area contributed by atoms with Crippen molar-refractivity contribution in [2.45, 2.75) is 40.0 Å². The average Bonchev–Trinajstić information content (AvgIpc) is 2.01. The van der Waals surface area contributed by atoms with Crippen LogP contribution in [0.1, 0.15) is 39.2 Å². The lowest BCUT2D eigenvalue weighted by Crippen LogP contribution is -2.05. The third-order valence-corrected chi connectivity index (χ3v) is 2.34. The molecule has 0 spiro atoms. The van der Waals surface area contributed by atoms with E-state index in [1.54, 1.807) is 0 Å². The Labute approximate surface area is 87.3 Å². The molecule has 0 unspecified atom stereocenters. The van der Waals surface area contributed by atoms with Gasteiger partial charge in [0.2, 0.25) is 0 Å². The lowest BCUT2D eigenvalue weighted by atomic mass is 9.89. The highest BCUT2D eigenvalue weighted by molar-refractivity contribution is 5.40. The van der Waals surface area contributed by atoms with Crippen LogP contribution in [-0.4, -0.2) is 0 Å². The highest BCUT2D eigenvalue weighted by Crippen LogP contribution is 2.22. The second-order valence-electron chi connectivity index (χ2n) is 5.16. The maximum Gasteiger partial charge on any atom is 0.0316 e. The van der Waals surface area contributed by atoms with E-state index in [0.717, 1.165) is 12.1 Å². The van der Waals surface area contributed by atoms with E-state index in [1.165, 1.54) is 18.4 Å². The van der Waals surface area contributed by atoms with Crippen molar-refractivity contribution in [3.8, 4) is 0 Å². The van der Waals surface area contributed by atoms with E-state index in [-0.39, 0.29) is 0 Å². The molecule has 0 aliphatic carbocycles. The number of benzene rings is 1. The van der Waals surface area contributed by atoms with Crippen LogP contribution in [0.3, 0.4) is 0 Å². The second kappa shape index (κ2) is 4.50. The van der Waals surface area contributed by atoms with E-state index >= 15 is 0 Å². The minimum atomic E-state index is 0.445. The average molecular weight is 191 g/mol. The van der Waals surface area contributed by atoms with E-state index in [1.807, 2.05) is 12.1 Å². The number of hydrogen-bond acceptors (Lipinski definition) is 1. The zero-order valence-corrected chi connectivity index (χ0v) is 9.51. The minimum absolute atomic E-state index is 0.445. The van der Waals surface area contributed by atoms with Crippen molar-refractivity contribution >= 4 is 5.69 Å². The highest BCUT2D eigenvalue weighted by atomic mass is 14.5. The monoisotopic (exact) mass is 191 g/mol. The van der Waals surface area contributed by atoms with E-state index in [4.69, 9.17) is 5.73 Å². The maximum atomic E-state index is 5.72. The van der Waals surface area contributed by atoms with Gasteiger partial charge in [0.05, 0.1) is 0 Å². The van der Waals surface area contributed by atoms with Gasteiger partial charge in [0.25, 0.3) is 0 Å². The number of aryl methyl sites for hydroxylation is 1. The summed E-state index contributed by atoms with van der Waals surface area (Å²) >= 11 is 0. The van der Waals surface area contributed by atoms with E-state index in [0.29, 0.717) is 5.41 Å². The van der Waals surface area contributed by atoms with Gasteiger partial charge in [0, 0.05) is 5.69 Å². The molecular weight excluding hydrogens is 170 g/mol. The molecule has 2 N–H and O–H groups in total. The maximum absolute atomic E-state index is 5.72. The molecule has 1 nitrogen and oxygen atoms in total. The van der Waals surface area contributed by atoms with Crippen LogP contribution in [0.4, 0.5) is 5.69 Å². The minimum Gasteiger partial charge on any atom is -0.399 e. The van der Waals surface area contributed by atoms with Crippen LogP contribution in [-0.2, 0) is 6.42 Å². The van der Waals surface area contributed by atoms with Crippen LogP contribution < -0.4 is 5.73 Å². The summed E-state index contributed by atoms with van der Waals surface area (Å²) in [6.45, 7) is 6.85. The van der Waals surface area contributed by atoms with Crippen LogP contribution >= 0.6 is 0 Å². The van der Waals surface area contributed by atoms with Crippen molar-refractivity contribution in [2.24, 2.45) is 5.41 Å². The summed E-state index contributed by atoms with van der Waals surface area (Å²) in [5, 5.41) is 0. The van der Waals surface area contributed by atoms with Crippen LogP contribution in [0.5, 0.6) is 0 Å². The zero-order chi connectivity index (χ0) is 10.6. The fourth-order valence-electron chi connectivity index (χ4n) is 1.57. The predicted octanol–water partition coefficient (Wildman–Crippen LogP) is 3.64. The molecule has 0 aromatic heterocycles. The van der Waals surface area contributed by atoms with Gasteiger partial charge in [0.1, 0.15) is 0 Å². The number of anilines is 1. The topological polar surface area (TPSA) is 26.0 Å². The Kier molecular flexibility index (Phi) is 3.56. The molecule has 14 heavy (non-hydrogen) atoms. The molecule has 0 saturated heterocycles. The molecule has 0 aliphatic heterocycles. The molecule has 0 heterocycles. The van der Waals surface area contributed by atoms with E-state index < -0.39 is 0 Å². The number of rotatable bonds is 3. The molecule has 1 aromatic carbocycles. The van der Waals surface area contributed by atoms with Crippen molar-refractivity contribution in [3.05, 3.63) is 29.8 Å². The first kappa shape index (κ1) is 11.1. The Hall–Kier alpha value is -0.980. The lowest BCUT2D eigenvalue weighted by molar-refractivity contribution is 0.365. The molecule has 0 bridgehead atoms. The zero-order valence-electron chi connectivity index (χ0n) is 9.51. The van der Waals surface area contributed by atoms with Crippen LogP contribution in [0.15, 0.2) is 24.3 Å². The largest absolute Gasteiger partial charge is 0.399 e. The summed E-state index contributed by atoms with van der Waals surface area (Å²) in [5.41, 5.74) is 8.39. The lowest BCUT2D eigenvalue weighted by Gasteiger charge is -2.17. The molecule has 0 radical (unpaired) electrons. The van der Waals surface area contributed by atoms with Gasteiger partial charge in [-0.25, -0.2) is 0 Å². The Balaban J connectivity index is 2.39. The number of nitrogens with two attached hydrogens (primary N) is 1. The van der Waals surface area contributed by atoms with Crippen LogP contribution in [0.25, 0.3) is 0 Å². The highest BCUT2D eigenvalue weighted by Gasteiger charge is 2.08. The first-order valence-corrected chi connectivity index (χ1v) is 5.32. The molecule has 0 amide bonds. The summed E-state index contributed by atoms with van der Waals surface area (Å²) < 4.78 is 0. The van der Waals surface area contributed by atoms with Crippen molar-refractivity contribution in [3.63, 3.8) is 0 Å². The van der Waals surface area contributed by atoms with Crippen molar-refractivity contribution < 1.29 is 0 Å². The SMILES string of the molecule is CC(C)(C)CCCc1cccc(N)c1. The molecule has 0 aliphatic rings. The Bertz CT molecular complexity index is 284. The van der Waals surface area contributed by atoms with Crippen molar-refractivity contribution in [1.82, 2.24) is 0 Å². The third kappa shape index (κ3) is 4.31. The van der Waals surface area contributed by atoms with E-state index in [2.05, 4.69) is 32.9 Å². The summed E-state index contributed by atoms with van der Waals surface area (Å²) in [5.74, 6) is 0. The van der Waals surface area contributed by atoms with Gasteiger partial charge in [-0.05, 0) is 42.4 Å². The fraction of sp³-hybridized carbons (Fsp3) is 0.538. The van der Waals surface area contributed by atoms with Crippen molar-refractivity contribution in [1.29, 1.82) is 0 Å². The van der Waals surface area contributed by atoms with Gasteiger partial charge >= 0.3 is 0 Å². The molecule has 0 atom stereocenters. The normalized spacial score (nSPS) is 11.6. The Morgan fingerprint density at radius 3 is 2.50 bits per heavy atom. The fourth-order valence-corrected chi connectivity index (χ4v) is 1.57. The molecular formula is C13H21N. The summed E-state index contributed by atoms with van der Waals surface area (Å²) in [6.07, 6.45) is 3.65. The molecule has 1 rings (SSSR count). The van der Waals surface area contributed by atoms with Crippen LogP contribution in [0.2, 0.25) is 0 Å². The number of hydrogen-bond donors (Lipinski definition) is 1. The second-order valence-corrected chi connectivity index (χ2v) is 5.16. The van der Waals surface area contributed by atoms with Gasteiger partial charge in [-0.15, -0.1) is 0 Å². The summed E-state index contributed by atoms with van der Waals surface area (Å²) in [6, 6.07) is 8.19. The van der Waals surface area contributed by atoms with Gasteiger partial charge in [-0.1, -0.05) is 32.9 Å². The predicted molar refractivity (Wildman–Crippen MR) is 63.2 cm³/mol. The van der Waals surface area contributed by atoms with E-state index in [9.17, 15) is 0 Å². The quantitative estimate of drug-likeness (QED) is 0.725. The van der Waals surface area contributed by atoms with Crippen LogP contribution in [0, 0.1) is 5.41 Å². The van der Waals surface area contributed by atoms with Gasteiger partial charge in [-0.3, -0.25) is 0 Å². The molecule has 0 fully saturated rings. The number of nitrogen functional groups attached to an aromatic ring is 1. The standard InChI is InChI=1S/C13H21N/c1-13(2,3)9-5-7-11-6-4-8-12(14)10-11/h4,6,8,10H,5,7,9,14H2,1-3H3. The molecule has 78 valence electrons. The third-order valence-electron chi connectivity index (χ3n) is 2.34.